The molecular weight excluding hydrogens is 242 g/mol. The lowest BCUT2D eigenvalue weighted by molar-refractivity contribution is 0.250. The number of rotatable bonds is 8. The highest BCUT2D eigenvalue weighted by Gasteiger charge is 2.07. The summed E-state index contributed by atoms with van der Waals surface area (Å²) in [5, 5.41) is 0. The third-order valence-corrected chi connectivity index (χ3v) is 3.78. The molecule has 0 aliphatic rings. The number of allylic oxidation sites excluding steroid dienone is 2. The van der Waals surface area contributed by atoms with Crippen molar-refractivity contribution >= 4 is 5.57 Å². The van der Waals surface area contributed by atoms with Gasteiger partial charge in [-0.1, -0.05) is 51.1 Å². The van der Waals surface area contributed by atoms with Crippen LogP contribution in [0.1, 0.15) is 58.6 Å². The summed E-state index contributed by atoms with van der Waals surface area (Å²) >= 11 is 0. The van der Waals surface area contributed by atoms with Crippen LogP contribution < -0.4 is 0 Å². The van der Waals surface area contributed by atoms with Crippen molar-refractivity contribution in [3.63, 3.8) is 0 Å². The second-order valence-corrected chi connectivity index (χ2v) is 6.13. The SMILES string of the molecule is C/C=C(\C)c1cccc(CN(CCC)CCC(C)C)c1. The van der Waals surface area contributed by atoms with Crippen LogP contribution in [0.4, 0.5) is 0 Å². The summed E-state index contributed by atoms with van der Waals surface area (Å²) in [6, 6.07) is 8.99. The van der Waals surface area contributed by atoms with E-state index in [-0.39, 0.29) is 0 Å². The minimum absolute atomic E-state index is 0.783. The predicted octanol–water partition coefficient (Wildman–Crippen LogP) is 5.37. The topological polar surface area (TPSA) is 3.24 Å². The zero-order valence-corrected chi connectivity index (χ0v) is 13.9. The Hall–Kier alpha value is -1.08. The molecule has 0 aliphatic heterocycles. The van der Waals surface area contributed by atoms with Gasteiger partial charge in [0.1, 0.15) is 0 Å². The first-order valence-electron chi connectivity index (χ1n) is 8.01. The second-order valence-electron chi connectivity index (χ2n) is 6.13. The second kappa shape index (κ2) is 8.97. The van der Waals surface area contributed by atoms with Gasteiger partial charge in [-0.25, -0.2) is 0 Å². The Bertz CT molecular complexity index is 418. The van der Waals surface area contributed by atoms with E-state index in [0.717, 1.165) is 12.5 Å². The standard InChI is InChI=1S/C19H31N/c1-6-12-20(13-11-16(3)4)15-18-9-8-10-19(14-18)17(5)7-2/h7-10,14,16H,6,11-13,15H2,1-5H3/b17-7+. The van der Waals surface area contributed by atoms with Gasteiger partial charge >= 0.3 is 0 Å². The van der Waals surface area contributed by atoms with Gasteiger partial charge in [0, 0.05) is 6.54 Å². The van der Waals surface area contributed by atoms with Gasteiger partial charge in [0.2, 0.25) is 0 Å². The minimum Gasteiger partial charge on any atom is -0.299 e. The van der Waals surface area contributed by atoms with Crippen molar-refractivity contribution in [3.8, 4) is 0 Å². The van der Waals surface area contributed by atoms with Crippen molar-refractivity contribution in [1.82, 2.24) is 4.90 Å². The van der Waals surface area contributed by atoms with Crippen LogP contribution >= 0.6 is 0 Å². The van der Waals surface area contributed by atoms with Gasteiger partial charge in [-0.05, 0) is 62.4 Å². The maximum Gasteiger partial charge on any atom is 0.0233 e. The van der Waals surface area contributed by atoms with Crippen LogP contribution in [0.2, 0.25) is 0 Å². The van der Waals surface area contributed by atoms with Crippen molar-refractivity contribution in [1.29, 1.82) is 0 Å². The summed E-state index contributed by atoms with van der Waals surface area (Å²) in [5.41, 5.74) is 4.14. The fraction of sp³-hybridized carbons (Fsp3) is 0.579. The fourth-order valence-corrected chi connectivity index (χ4v) is 2.37. The van der Waals surface area contributed by atoms with Gasteiger partial charge < -0.3 is 0 Å². The molecule has 0 heterocycles. The Labute approximate surface area is 125 Å². The van der Waals surface area contributed by atoms with Crippen molar-refractivity contribution < 1.29 is 0 Å². The molecule has 0 fully saturated rings. The van der Waals surface area contributed by atoms with Crippen LogP contribution in [-0.4, -0.2) is 18.0 Å². The molecular formula is C19H31N. The fourth-order valence-electron chi connectivity index (χ4n) is 2.37. The van der Waals surface area contributed by atoms with Crippen LogP contribution in [0.15, 0.2) is 30.3 Å². The molecule has 0 unspecified atom stereocenters. The first-order valence-corrected chi connectivity index (χ1v) is 8.01. The van der Waals surface area contributed by atoms with E-state index in [4.69, 9.17) is 0 Å². The lowest BCUT2D eigenvalue weighted by Crippen LogP contribution is -2.26. The van der Waals surface area contributed by atoms with E-state index in [1.165, 1.54) is 42.6 Å². The third kappa shape index (κ3) is 5.92. The summed E-state index contributed by atoms with van der Waals surface area (Å²) in [4.78, 5) is 2.59. The summed E-state index contributed by atoms with van der Waals surface area (Å²) in [6.45, 7) is 14.6. The summed E-state index contributed by atoms with van der Waals surface area (Å²) in [7, 11) is 0. The maximum absolute atomic E-state index is 2.59. The summed E-state index contributed by atoms with van der Waals surface area (Å²) < 4.78 is 0. The Morgan fingerprint density at radius 1 is 1.25 bits per heavy atom. The highest BCUT2D eigenvalue weighted by Crippen LogP contribution is 2.17. The zero-order valence-electron chi connectivity index (χ0n) is 13.9. The lowest BCUT2D eigenvalue weighted by Gasteiger charge is -2.23. The van der Waals surface area contributed by atoms with E-state index < -0.39 is 0 Å². The molecule has 0 bridgehead atoms. The highest BCUT2D eigenvalue weighted by molar-refractivity contribution is 5.63. The van der Waals surface area contributed by atoms with Gasteiger partial charge in [-0.15, -0.1) is 0 Å². The average molecular weight is 273 g/mol. The van der Waals surface area contributed by atoms with E-state index >= 15 is 0 Å². The van der Waals surface area contributed by atoms with E-state index in [2.05, 4.69) is 69.9 Å². The van der Waals surface area contributed by atoms with Crippen LogP contribution in [0.25, 0.3) is 5.57 Å². The smallest absolute Gasteiger partial charge is 0.0233 e. The van der Waals surface area contributed by atoms with Gasteiger partial charge in [0.05, 0.1) is 0 Å². The Morgan fingerprint density at radius 3 is 2.60 bits per heavy atom. The van der Waals surface area contributed by atoms with Crippen molar-refractivity contribution in [2.45, 2.75) is 54.0 Å². The molecule has 20 heavy (non-hydrogen) atoms. The van der Waals surface area contributed by atoms with Gasteiger partial charge in [-0.2, -0.15) is 0 Å². The van der Waals surface area contributed by atoms with Crippen molar-refractivity contribution in [2.24, 2.45) is 5.92 Å². The van der Waals surface area contributed by atoms with E-state index in [1.807, 2.05) is 0 Å². The molecule has 1 heteroatoms. The molecule has 0 saturated heterocycles. The van der Waals surface area contributed by atoms with E-state index in [1.54, 1.807) is 0 Å². The van der Waals surface area contributed by atoms with Gasteiger partial charge in [-0.3, -0.25) is 4.90 Å². The largest absolute Gasteiger partial charge is 0.299 e. The zero-order chi connectivity index (χ0) is 15.0. The molecule has 1 nitrogen and oxygen atoms in total. The maximum atomic E-state index is 2.59. The molecule has 112 valence electrons. The third-order valence-electron chi connectivity index (χ3n) is 3.78. The molecule has 0 aromatic heterocycles. The molecule has 1 rings (SSSR count). The minimum atomic E-state index is 0.783. The number of nitrogens with zero attached hydrogens (tertiary/aromatic N) is 1. The van der Waals surface area contributed by atoms with Crippen molar-refractivity contribution in [2.75, 3.05) is 13.1 Å². The summed E-state index contributed by atoms with van der Waals surface area (Å²) in [6.07, 6.45) is 4.70. The molecule has 0 N–H and O–H groups in total. The molecule has 0 amide bonds. The molecule has 1 aromatic carbocycles. The number of hydrogen-bond acceptors (Lipinski definition) is 1. The van der Waals surface area contributed by atoms with Crippen LogP contribution in [0.3, 0.4) is 0 Å². The Morgan fingerprint density at radius 2 is 2.00 bits per heavy atom. The molecule has 0 atom stereocenters. The molecule has 0 saturated carbocycles. The highest BCUT2D eigenvalue weighted by atomic mass is 15.1. The lowest BCUT2D eigenvalue weighted by atomic mass is 10.0. The van der Waals surface area contributed by atoms with Gasteiger partial charge in [0.15, 0.2) is 0 Å². The number of benzene rings is 1. The van der Waals surface area contributed by atoms with Crippen LogP contribution in [0, 0.1) is 5.92 Å². The predicted molar refractivity (Wildman–Crippen MR) is 90.8 cm³/mol. The molecule has 1 aromatic rings. The first-order chi connectivity index (χ1) is 9.56. The molecule has 0 spiro atoms. The van der Waals surface area contributed by atoms with Crippen molar-refractivity contribution in [3.05, 3.63) is 41.5 Å². The van der Waals surface area contributed by atoms with Crippen LogP contribution in [-0.2, 0) is 6.54 Å². The normalized spacial score (nSPS) is 12.4. The monoisotopic (exact) mass is 273 g/mol. The molecule has 0 aliphatic carbocycles. The summed E-state index contributed by atoms with van der Waals surface area (Å²) in [5.74, 6) is 0.783. The number of hydrogen-bond donors (Lipinski definition) is 0. The van der Waals surface area contributed by atoms with Gasteiger partial charge in [0.25, 0.3) is 0 Å². The Kier molecular flexibility index (Phi) is 7.61. The first kappa shape index (κ1) is 17.0. The van der Waals surface area contributed by atoms with E-state index in [9.17, 15) is 0 Å². The van der Waals surface area contributed by atoms with Crippen LogP contribution in [0.5, 0.6) is 0 Å². The quantitative estimate of drug-likeness (QED) is 0.615. The van der Waals surface area contributed by atoms with E-state index in [0.29, 0.717) is 0 Å². The molecule has 0 radical (unpaired) electrons. The Balaban J connectivity index is 2.72. The average Bonchev–Trinajstić information content (AvgIpc) is 2.44.